The number of hydrogen-bond acceptors (Lipinski definition) is 5. The van der Waals surface area contributed by atoms with Crippen molar-refractivity contribution in [2.75, 3.05) is 19.6 Å². The molecule has 4 heterocycles. The summed E-state index contributed by atoms with van der Waals surface area (Å²) in [5.74, 6) is -0.457. The highest BCUT2D eigenvalue weighted by molar-refractivity contribution is 8.03. The quantitative estimate of drug-likeness (QED) is 0.730. The van der Waals surface area contributed by atoms with Gasteiger partial charge < -0.3 is 14.4 Å². The predicted octanol–water partition coefficient (Wildman–Crippen LogP) is 2.25. The van der Waals surface area contributed by atoms with Crippen LogP contribution in [0.25, 0.3) is 0 Å². The molecule has 4 aliphatic rings. The van der Waals surface area contributed by atoms with Gasteiger partial charge in [-0.15, -0.1) is 0 Å². The Balaban J connectivity index is 1.63. The van der Waals surface area contributed by atoms with Crippen LogP contribution in [0.3, 0.4) is 0 Å². The van der Waals surface area contributed by atoms with Crippen molar-refractivity contribution in [3.05, 3.63) is 40.6 Å². The van der Waals surface area contributed by atoms with Crippen molar-refractivity contribution in [1.29, 1.82) is 0 Å². The highest BCUT2D eigenvalue weighted by Gasteiger charge is 2.53. The van der Waals surface area contributed by atoms with Gasteiger partial charge in [0.25, 0.3) is 5.91 Å². The molecule has 0 saturated carbocycles. The summed E-state index contributed by atoms with van der Waals surface area (Å²) < 4.78 is 12.2. The molecule has 1 amide bonds. The van der Waals surface area contributed by atoms with Crippen molar-refractivity contribution < 1.29 is 14.3 Å². The van der Waals surface area contributed by atoms with Crippen LogP contribution in [0.2, 0.25) is 0 Å². The first-order chi connectivity index (χ1) is 11.0. The molecule has 2 fully saturated rings. The number of nitrogens with zero attached hydrogens (tertiary/aromatic N) is 2. The maximum absolute atomic E-state index is 12.8. The lowest BCUT2D eigenvalue weighted by Gasteiger charge is -2.40. The molecular weight excluding hydrogens is 312 g/mol. The minimum Gasteiger partial charge on any atom is -0.366 e. The Labute approximate surface area is 139 Å². The summed E-state index contributed by atoms with van der Waals surface area (Å²) in [5, 5.41) is 1.02. The number of ether oxygens (including phenoxy) is 2. The highest BCUT2D eigenvalue weighted by Crippen LogP contribution is 2.48. The number of carbonyl (C=O) groups excluding carboxylic acids is 1. The molecule has 5 rings (SSSR count). The summed E-state index contributed by atoms with van der Waals surface area (Å²) in [5.41, 5.74) is 1.92. The normalized spacial score (nSPS) is 31.0. The third kappa shape index (κ3) is 1.92. The summed E-state index contributed by atoms with van der Waals surface area (Å²) in [6.45, 7) is 6.32. The van der Waals surface area contributed by atoms with E-state index in [9.17, 15) is 4.79 Å². The second-order valence-electron chi connectivity index (χ2n) is 6.79. The SMILES string of the molecule is CC1(C)O[C@@H]2CN3CCN4C(=O)c5ccccc5SC4=C3[C@@H]2O1. The Morgan fingerprint density at radius 1 is 1.22 bits per heavy atom. The van der Waals surface area contributed by atoms with E-state index in [1.165, 1.54) is 0 Å². The molecule has 5 nitrogen and oxygen atoms in total. The molecule has 1 aromatic rings. The van der Waals surface area contributed by atoms with Crippen LogP contribution < -0.4 is 0 Å². The predicted molar refractivity (Wildman–Crippen MR) is 85.8 cm³/mol. The van der Waals surface area contributed by atoms with Crippen LogP contribution in [0, 0.1) is 0 Å². The zero-order valence-electron chi connectivity index (χ0n) is 13.1. The van der Waals surface area contributed by atoms with Gasteiger partial charge in [0.1, 0.15) is 17.2 Å². The smallest absolute Gasteiger partial charge is 0.259 e. The zero-order valence-corrected chi connectivity index (χ0v) is 13.9. The number of rotatable bonds is 0. The highest BCUT2D eigenvalue weighted by atomic mass is 32.2. The molecule has 0 radical (unpaired) electrons. The molecule has 23 heavy (non-hydrogen) atoms. The largest absolute Gasteiger partial charge is 0.366 e. The van der Waals surface area contributed by atoms with E-state index in [0.717, 1.165) is 40.8 Å². The van der Waals surface area contributed by atoms with Crippen molar-refractivity contribution in [2.24, 2.45) is 0 Å². The summed E-state index contributed by atoms with van der Waals surface area (Å²) in [6.07, 6.45) is -0.0197. The first-order valence-corrected chi connectivity index (χ1v) is 8.79. The van der Waals surface area contributed by atoms with Crippen LogP contribution in [-0.2, 0) is 9.47 Å². The number of fused-ring (bicyclic) bond motifs is 5. The molecule has 0 N–H and O–H groups in total. The summed E-state index contributed by atoms with van der Waals surface area (Å²) >= 11 is 1.68. The maximum Gasteiger partial charge on any atom is 0.259 e. The van der Waals surface area contributed by atoms with E-state index in [1.807, 2.05) is 43.0 Å². The minimum absolute atomic E-state index is 0.0559. The van der Waals surface area contributed by atoms with Crippen LogP contribution in [0.15, 0.2) is 39.9 Å². The molecule has 120 valence electrons. The minimum atomic E-state index is -0.557. The van der Waals surface area contributed by atoms with E-state index >= 15 is 0 Å². The first kappa shape index (κ1) is 13.9. The lowest BCUT2D eigenvalue weighted by atomic mass is 10.1. The second kappa shape index (κ2) is 4.53. The Kier molecular flexibility index (Phi) is 2.73. The third-order valence-electron chi connectivity index (χ3n) is 4.82. The Morgan fingerprint density at radius 2 is 2.04 bits per heavy atom. The Bertz CT molecular complexity index is 745. The topological polar surface area (TPSA) is 42.0 Å². The van der Waals surface area contributed by atoms with Crippen molar-refractivity contribution in [3.63, 3.8) is 0 Å². The van der Waals surface area contributed by atoms with Crippen LogP contribution in [0.4, 0.5) is 0 Å². The standard InChI is InChI=1S/C17H18N2O3S/c1-17(2)21-11-9-18-7-8-19-15(20)10-5-3-4-6-12(10)23-16(19)13(18)14(11)22-17/h3-6,11,14H,7-9H2,1-2H3/t11-,14-/m1/s1. The average Bonchev–Trinajstić information content (AvgIpc) is 2.98. The summed E-state index contributed by atoms with van der Waals surface area (Å²) in [4.78, 5) is 18.1. The fraction of sp³-hybridized carbons (Fsp3) is 0.471. The van der Waals surface area contributed by atoms with Crippen LogP contribution in [0.5, 0.6) is 0 Å². The fourth-order valence-corrected chi connectivity index (χ4v) is 5.16. The molecule has 0 aliphatic carbocycles. The summed E-state index contributed by atoms with van der Waals surface area (Å²) in [6, 6.07) is 7.84. The van der Waals surface area contributed by atoms with Gasteiger partial charge >= 0.3 is 0 Å². The van der Waals surface area contributed by atoms with Crippen LogP contribution in [0.1, 0.15) is 24.2 Å². The average molecular weight is 330 g/mol. The number of hydrogen-bond donors (Lipinski definition) is 0. The van der Waals surface area contributed by atoms with Gasteiger partial charge in [0.2, 0.25) is 0 Å². The second-order valence-corrected chi connectivity index (χ2v) is 7.82. The molecule has 0 bridgehead atoms. The molecule has 2 atom stereocenters. The maximum atomic E-state index is 12.8. The number of benzene rings is 1. The van der Waals surface area contributed by atoms with Gasteiger partial charge in [0, 0.05) is 24.5 Å². The van der Waals surface area contributed by atoms with Gasteiger partial charge in [0.05, 0.1) is 11.3 Å². The molecular formula is C17H18N2O3S. The molecule has 0 aromatic heterocycles. The third-order valence-corrected chi connectivity index (χ3v) is 6.02. The monoisotopic (exact) mass is 330 g/mol. The molecule has 6 heteroatoms. The van der Waals surface area contributed by atoms with Gasteiger partial charge in [-0.2, -0.15) is 0 Å². The molecule has 0 spiro atoms. The first-order valence-electron chi connectivity index (χ1n) is 7.97. The van der Waals surface area contributed by atoms with Crippen LogP contribution in [-0.4, -0.2) is 53.3 Å². The number of amides is 1. The molecule has 2 saturated heterocycles. The van der Waals surface area contributed by atoms with Crippen molar-refractivity contribution in [3.8, 4) is 0 Å². The van der Waals surface area contributed by atoms with E-state index in [1.54, 1.807) is 11.8 Å². The lowest BCUT2D eigenvalue weighted by Crippen LogP contribution is -2.45. The van der Waals surface area contributed by atoms with E-state index in [0.29, 0.717) is 0 Å². The lowest BCUT2D eigenvalue weighted by molar-refractivity contribution is -0.151. The van der Waals surface area contributed by atoms with Gasteiger partial charge in [-0.3, -0.25) is 9.69 Å². The van der Waals surface area contributed by atoms with E-state index in [-0.39, 0.29) is 18.1 Å². The van der Waals surface area contributed by atoms with Gasteiger partial charge in [-0.25, -0.2) is 0 Å². The number of carbonyl (C=O) groups is 1. The van der Waals surface area contributed by atoms with E-state index in [4.69, 9.17) is 9.47 Å². The fourth-order valence-electron chi connectivity index (χ4n) is 3.91. The zero-order chi connectivity index (χ0) is 15.8. The van der Waals surface area contributed by atoms with Gasteiger partial charge in [-0.05, 0) is 26.0 Å². The van der Waals surface area contributed by atoms with Crippen molar-refractivity contribution in [2.45, 2.75) is 36.7 Å². The summed E-state index contributed by atoms with van der Waals surface area (Å²) in [7, 11) is 0. The molecule has 0 unspecified atom stereocenters. The molecule has 1 aromatic carbocycles. The van der Waals surface area contributed by atoms with Crippen molar-refractivity contribution >= 4 is 17.7 Å². The Morgan fingerprint density at radius 3 is 2.91 bits per heavy atom. The Hall–Kier alpha value is -1.50. The van der Waals surface area contributed by atoms with E-state index in [2.05, 4.69) is 4.90 Å². The van der Waals surface area contributed by atoms with Gasteiger partial charge in [0.15, 0.2) is 5.79 Å². The molecule has 4 aliphatic heterocycles. The van der Waals surface area contributed by atoms with Crippen molar-refractivity contribution in [1.82, 2.24) is 9.80 Å². The number of thioether (sulfide) groups is 1. The van der Waals surface area contributed by atoms with Crippen LogP contribution >= 0.6 is 11.8 Å². The van der Waals surface area contributed by atoms with Gasteiger partial charge in [-0.1, -0.05) is 23.9 Å². The van der Waals surface area contributed by atoms with E-state index < -0.39 is 5.79 Å².